The first-order valence-electron chi connectivity index (χ1n) is 4.78. The number of hydrogen-bond acceptors (Lipinski definition) is 1. The van der Waals surface area contributed by atoms with E-state index in [-0.39, 0.29) is 11.9 Å². The van der Waals surface area contributed by atoms with Crippen molar-refractivity contribution in [3.05, 3.63) is 41.5 Å². The van der Waals surface area contributed by atoms with Gasteiger partial charge in [-0.05, 0) is 12.5 Å². The van der Waals surface area contributed by atoms with E-state index in [0.29, 0.717) is 6.42 Å². The maximum atomic E-state index is 10.7. The molecule has 1 heterocycles. The van der Waals surface area contributed by atoms with Crippen LogP contribution in [0.4, 0.5) is 0 Å². The number of benzene rings is 1. The lowest BCUT2D eigenvalue weighted by molar-refractivity contribution is -0.127. The van der Waals surface area contributed by atoms with E-state index in [1.807, 2.05) is 18.2 Å². The fourth-order valence-electron chi connectivity index (χ4n) is 1.55. The predicted octanol–water partition coefficient (Wildman–Crippen LogP) is 1.98. The monoisotopic (exact) mass is 187 g/mol. The van der Waals surface area contributed by atoms with Gasteiger partial charge in [0.05, 0.1) is 12.5 Å². The molecule has 0 unspecified atom stereocenters. The van der Waals surface area contributed by atoms with E-state index in [4.69, 9.17) is 0 Å². The van der Waals surface area contributed by atoms with Crippen LogP contribution in [0.25, 0.3) is 6.08 Å². The normalized spacial score (nSPS) is 21.4. The van der Waals surface area contributed by atoms with Gasteiger partial charge in [-0.2, -0.15) is 0 Å². The Bertz CT molecular complexity index is 359. The van der Waals surface area contributed by atoms with E-state index in [9.17, 15) is 4.79 Å². The van der Waals surface area contributed by atoms with Gasteiger partial charge in [-0.25, -0.2) is 0 Å². The lowest BCUT2D eigenvalue weighted by Gasteiger charge is -2.27. The molecule has 2 heteroatoms. The summed E-state index contributed by atoms with van der Waals surface area (Å²) in [5.41, 5.74) is 2.40. The van der Waals surface area contributed by atoms with Crippen LogP contribution in [0.2, 0.25) is 0 Å². The Hall–Kier alpha value is -1.57. The van der Waals surface area contributed by atoms with Crippen LogP contribution in [-0.2, 0) is 4.79 Å². The number of carbonyl (C=O) groups is 1. The molecule has 72 valence electrons. The Balaban J connectivity index is 2.08. The number of hydrogen-bond donors (Lipinski definition) is 1. The smallest absolute Gasteiger partial charge is 0.222 e. The zero-order valence-corrected chi connectivity index (χ0v) is 8.16. The quantitative estimate of drug-likeness (QED) is 0.705. The molecule has 1 amide bonds. The minimum atomic E-state index is 0.149. The van der Waals surface area contributed by atoms with Crippen molar-refractivity contribution in [2.45, 2.75) is 19.4 Å². The molecule has 1 atom stereocenters. The van der Waals surface area contributed by atoms with Crippen LogP contribution in [0.3, 0.4) is 0 Å². The summed E-state index contributed by atoms with van der Waals surface area (Å²) in [6.07, 6.45) is 2.75. The summed E-state index contributed by atoms with van der Waals surface area (Å²) in [5, 5.41) is 2.86. The summed E-state index contributed by atoms with van der Waals surface area (Å²) < 4.78 is 0. The van der Waals surface area contributed by atoms with E-state index in [2.05, 4.69) is 30.4 Å². The molecule has 0 aromatic heterocycles. The molecule has 1 aliphatic heterocycles. The minimum absolute atomic E-state index is 0.149. The van der Waals surface area contributed by atoms with Gasteiger partial charge in [0, 0.05) is 0 Å². The van der Waals surface area contributed by atoms with Crippen molar-refractivity contribution in [1.82, 2.24) is 5.32 Å². The summed E-state index contributed by atoms with van der Waals surface area (Å²) >= 11 is 0. The van der Waals surface area contributed by atoms with Gasteiger partial charge < -0.3 is 5.32 Å². The second kappa shape index (κ2) is 3.66. The molecule has 2 nitrogen and oxygen atoms in total. The molecule has 1 aliphatic rings. The van der Waals surface area contributed by atoms with Crippen molar-refractivity contribution >= 4 is 12.0 Å². The lowest BCUT2D eigenvalue weighted by Crippen LogP contribution is -2.48. The molecule has 1 aromatic carbocycles. The third-order valence-electron chi connectivity index (χ3n) is 2.47. The van der Waals surface area contributed by atoms with Crippen molar-refractivity contribution in [2.75, 3.05) is 0 Å². The van der Waals surface area contributed by atoms with Crippen molar-refractivity contribution in [1.29, 1.82) is 0 Å². The van der Waals surface area contributed by atoms with Crippen LogP contribution in [0.15, 0.2) is 35.9 Å². The number of β-lactam (4-membered cyclic amide) rings is 1. The van der Waals surface area contributed by atoms with Crippen LogP contribution in [-0.4, -0.2) is 11.9 Å². The molecule has 1 saturated heterocycles. The van der Waals surface area contributed by atoms with Crippen molar-refractivity contribution in [2.24, 2.45) is 0 Å². The standard InChI is InChI=1S/C12H13NO/c1-9(11-8-12(14)13-11)7-10-5-3-2-4-6-10/h2-7,11H,8H2,1H3,(H,13,14)/t11-/m1/s1. The van der Waals surface area contributed by atoms with Crippen LogP contribution in [0.5, 0.6) is 0 Å². The van der Waals surface area contributed by atoms with Gasteiger partial charge in [0.15, 0.2) is 0 Å². The molecule has 0 aliphatic carbocycles. The lowest BCUT2D eigenvalue weighted by atomic mass is 9.96. The van der Waals surface area contributed by atoms with Gasteiger partial charge in [-0.3, -0.25) is 4.79 Å². The van der Waals surface area contributed by atoms with Crippen LogP contribution in [0.1, 0.15) is 18.9 Å². The van der Waals surface area contributed by atoms with Crippen LogP contribution < -0.4 is 5.32 Å². The first-order valence-corrected chi connectivity index (χ1v) is 4.78. The van der Waals surface area contributed by atoms with Gasteiger partial charge >= 0.3 is 0 Å². The third-order valence-corrected chi connectivity index (χ3v) is 2.47. The van der Waals surface area contributed by atoms with E-state index < -0.39 is 0 Å². The van der Waals surface area contributed by atoms with Gasteiger partial charge in [0.1, 0.15) is 0 Å². The summed E-state index contributed by atoms with van der Waals surface area (Å²) in [6, 6.07) is 10.4. The molecule has 14 heavy (non-hydrogen) atoms. The highest BCUT2D eigenvalue weighted by atomic mass is 16.2. The molecule has 0 spiro atoms. The predicted molar refractivity (Wildman–Crippen MR) is 56.6 cm³/mol. The first kappa shape index (κ1) is 9.00. The second-order valence-corrected chi connectivity index (χ2v) is 3.62. The van der Waals surface area contributed by atoms with Crippen LogP contribution in [0, 0.1) is 0 Å². The Morgan fingerprint density at radius 1 is 1.43 bits per heavy atom. The topological polar surface area (TPSA) is 29.1 Å². The summed E-state index contributed by atoms with van der Waals surface area (Å²) in [4.78, 5) is 10.7. The average Bonchev–Trinajstić information content (AvgIpc) is 2.14. The minimum Gasteiger partial charge on any atom is -0.349 e. The highest BCUT2D eigenvalue weighted by molar-refractivity contribution is 5.84. The molecule has 0 radical (unpaired) electrons. The number of rotatable bonds is 2. The Morgan fingerprint density at radius 2 is 2.07 bits per heavy atom. The molecule has 1 fully saturated rings. The van der Waals surface area contributed by atoms with E-state index in [1.165, 1.54) is 11.1 Å². The fraction of sp³-hybridized carbons (Fsp3) is 0.250. The maximum absolute atomic E-state index is 10.7. The SMILES string of the molecule is CC(=Cc1ccccc1)[C@H]1CC(=O)N1. The van der Waals surface area contributed by atoms with Gasteiger partial charge in [0.25, 0.3) is 0 Å². The van der Waals surface area contributed by atoms with E-state index in [1.54, 1.807) is 0 Å². The summed E-state index contributed by atoms with van der Waals surface area (Å²) in [5.74, 6) is 0.149. The van der Waals surface area contributed by atoms with Crippen molar-refractivity contribution < 1.29 is 4.79 Å². The Kier molecular flexibility index (Phi) is 2.35. The molecule has 2 rings (SSSR count). The highest BCUT2D eigenvalue weighted by Crippen LogP contribution is 2.16. The van der Waals surface area contributed by atoms with Gasteiger partial charge in [-0.15, -0.1) is 0 Å². The molecule has 0 bridgehead atoms. The zero-order valence-electron chi connectivity index (χ0n) is 8.16. The number of carbonyl (C=O) groups excluding carboxylic acids is 1. The number of amides is 1. The van der Waals surface area contributed by atoms with Gasteiger partial charge in [0.2, 0.25) is 5.91 Å². The first-order chi connectivity index (χ1) is 6.75. The maximum Gasteiger partial charge on any atom is 0.222 e. The average molecular weight is 187 g/mol. The van der Waals surface area contributed by atoms with E-state index in [0.717, 1.165) is 0 Å². The Labute approximate surface area is 83.6 Å². The molecule has 1 N–H and O–H groups in total. The summed E-state index contributed by atoms with van der Waals surface area (Å²) in [7, 11) is 0. The third kappa shape index (κ3) is 1.84. The molecular weight excluding hydrogens is 174 g/mol. The fourth-order valence-corrected chi connectivity index (χ4v) is 1.55. The largest absolute Gasteiger partial charge is 0.349 e. The van der Waals surface area contributed by atoms with Gasteiger partial charge in [-0.1, -0.05) is 42.0 Å². The van der Waals surface area contributed by atoms with Crippen molar-refractivity contribution in [3.63, 3.8) is 0 Å². The number of nitrogens with one attached hydrogen (secondary N) is 1. The highest BCUT2D eigenvalue weighted by Gasteiger charge is 2.25. The van der Waals surface area contributed by atoms with Crippen LogP contribution >= 0.6 is 0 Å². The molecular formula is C12H13NO. The second-order valence-electron chi connectivity index (χ2n) is 3.62. The Morgan fingerprint density at radius 3 is 2.64 bits per heavy atom. The summed E-state index contributed by atoms with van der Waals surface area (Å²) in [6.45, 7) is 2.05. The van der Waals surface area contributed by atoms with E-state index >= 15 is 0 Å². The zero-order chi connectivity index (χ0) is 9.97. The molecule has 1 aromatic rings. The molecule has 0 saturated carbocycles. The van der Waals surface area contributed by atoms with Crippen molar-refractivity contribution in [3.8, 4) is 0 Å².